The quantitative estimate of drug-likeness (QED) is 0.426. The summed E-state index contributed by atoms with van der Waals surface area (Å²) in [6, 6.07) is 3.25. The van der Waals surface area contributed by atoms with Gasteiger partial charge < -0.3 is 5.73 Å². The van der Waals surface area contributed by atoms with E-state index >= 15 is 0 Å². The summed E-state index contributed by atoms with van der Waals surface area (Å²) in [5.74, 6) is -0.355. The van der Waals surface area contributed by atoms with Crippen molar-refractivity contribution in [1.29, 1.82) is 5.41 Å². The number of nitrogens with one attached hydrogen (secondary N) is 2. The number of aryl methyl sites for hydroxylation is 2. The highest BCUT2D eigenvalue weighted by molar-refractivity contribution is 9.10. The first kappa shape index (κ1) is 19.7. The van der Waals surface area contributed by atoms with Crippen LogP contribution in [0.2, 0.25) is 0 Å². The number of nitrogens with two attached hydrogens (primary N) is 1. The monoisotopic (exact) mass is 378 g/mol. The molecule has 0 aliphatic heterocycles. The fourth-order valence-corrected chi connectivity index (χ4v) is 2.56. The van der Waals surface area contributed by atoms with Crippen molar-refractivity contribution in [2.24, 2.45) is 5.73 Å². The van der Waals surface area contributed by atoms with E-state index < -0.39 is 6.03 Å². The second-order valence-corrected chi connectivity index (χ2v) is 5.03. The Labute approximate surface area is 139 Å². The van der Waals surface area contributed by atoms with E-state index in [1.165, 1.54) is 7.11 Å². The van der Waals surface area contributed by atoms with Gasteiger partial charge in [-0.1, -0.05) is 29.8 Å². The third-order valence-corrected chi connectivity index (χ3v) is 3.31. The number of urea groups is 1. The molecule has 0 spiro atoms. The van der Waals surface area contributed by atoms with Crippen molar-refractivity contribution in [1.82, 2.24) is 5.48 Å². The number of rotatable bonds is 4. The summed E-state index contributed by atoms with van der Waals surface area (Å²) < 4.78 is 0.936. The Morgan fingerprint density at radius 1 is 1.38 bits per heavy atom. The molecule has 0 aliphatic rings. The highest BCUT2D eigenvalue weighted by Crippen LogP contribution is 2.30. The Morgan fingerprint density at radius 2 is 1.86 bits per heavy atom. The highest BCUT2D eigenvalue weighted by Gasteiger charge is 2.24. The Kier molecular flexibility index (Phi) is 8.31. The van der Waals surface area contributed by atoms with Gasteiger partial charge in [-0.3, -0.25) is 10.2 Å². The highest BCUT2D eigenvalue weighted by atomic mass is 79.9. The maximum absolute atomic E-state index is 12.1. The number of benzene rings is 1. The van der Waals surface area contributed by atoms with Crippen LogP contribution in [-0.2, 0) is 17.7 Å². The largest absolute Gasteiger partial charge is 0.369 e. The topological polar surface area (TPSA) is 91.4 Å². The number of carbonyl (C=O) groups excluding carboxylic acids is 1. The number of carbonyl (C=O) groups is 1. The van der Waals surface area contributed by atoms with Gasteiger partial charge in [-0.15, -0.1) is 12.4 Å². The zero-order valence-electron chi connectivity index (χ0n) is 12.2. The molecule has 118 valence electrons. The van der Waals surface area contributed by atoms with E-state index in [2.05, 4.69) is 26.2 Å². The van der Waals surface area contributed by atoms with E-state index in [0.717, 1.165) is 20.5 Å². The predicted molar refractivity (Wildman–Crippen MR) is 90.1 cm³/mol. The van der Waals surface area contributed by atoms with Crippen LogP contribution in [0.15, 0.2) is 16.6 Å². The molecule has 0 aliphatic carbocycles. The first-order valence-electron chi connectivity index (χ1n) is 6.24. The third kappa shape index (κ3) is 4.59. The van der Waals surface area contributed by atoms with Crippen molar-refractivity contribution in [3.63, 3.8) is 0 Å². The minimum Gasteiger partial charge on any atom is -0.369 e. The summed E-state index contributed by atoms with van der Waals surface area (Å²) in [7, 11) is 1.33. The van der Waals surface area contributed by atoms with Crippen molar-refractivity contribution in [2.45, 2.75) is 26.7 Å². The van der Waals surface area contributed by atoms with Gasteiger partial charge in [-0.2, -0.15) is 0 Å². The normalized spacial score (nSPS) is 9.71. The van der Waals surface area contributed by atoms with Gasteiger partial charge in [0.2, 0.25) is 5.96 Å². The lowest BCUT2D eigenvalue weighted by Crippen LogP contribution is -2.47. The molecule has 1 aromatic rings. The molecule has 1 aromatic carbocycles. The van der Waals surface area contributed by atoms with E-state index in [4.69, 9.17) is 11.1 Å². The molecule has 0 atom stereocenters. The average molecular weight is 380 g/mol. The summed E-state index contributed by atoms with van der Waals surface area (Å²) >= 11 is 3.45. The van der Waals surface area contributed by atoms with Crippen molar-refractivity contribution in [2.75, 3.05) is 12.0 Å². The number of hydroxylamine groups is 1. The molecular weight excluding hydrogens is 360 g/mol. The van der Waals surface area contributed by atoms with Gasteiger partial charge in [0.25, 0.3) is 0 Å². The fraction of sp³-hybridized carbons (Fsp3) is 0.385. The Morgan fingerprint density at radius 3 is 2.19 bits per heavy atom. The maximum atomic E-state index is 12.1. The second-order valence-electron chi connectivity index (χ2n) is 4.11. The number of hydrogen-bond acceptors (Lipinski definition) is 3. The molecule has 0 saturated carbocycles. The lowest BCUT2D eigenvalue weighted by Gasteiger charge is -2.25. The third-order valence-electron chi connectivity index (χ3n) is 2.85. The van der Waals surface area contributed by atoms with Crippen LogP contribution in [0.25, 0.3) is 0 Å². The van der Waals surface area contributed by atoms with Crippen LogP contribution >= 0.6 is 28.3 Å². The molecule has 1 rings (SSSR count). The van der Waals surface area contributed by atoms with Crippen LogP contribution in [-0.4, -0.2) is 19.1 Å². The Hall–Kier alpha value is -1.31. The van der Waals surface area contributed by atoms with Crippen LogP contribution in [0.3, 0.4) is 0 Å². The number of guanidine groups is 1. The van der Waals surface area contributed by atoms with Crippen LogP contribution in [0.1, 0.15) is 25.0 Å². The smallest absolute Gasteiger partial charge is 0.352 e. The van der Waals surface area contributed by atoms with Gasteiger partial charge in [0.15, 0.2) is 0 Å². The Balaban J connectivity index is 0.00000400. The number of hydrogen-bond donors (Lipinski definition) is 3. The first-order chi connectivity index (χ1) is 9.46. The first-order valence-corrected chi connectivity index (χ1v) is 7.03. The van der Waals surface area contributed by atoms with Crippen molar-refractivity contribution in [3.05, 3.63) is 27.7 Å². The lowest BCUT2D eigenvalue weighted by molar-refractivity contribution is 0.112. The van der Waals surface area contributed by atoms with Crippen molar-refractivity contribution < 1.29 is 9.63 Å². The molecule has 0 saturated heterocycles. The molecular formula is C13H20BrClN4O2. The van der Waals surface area contributed by atoms with Gasteiger partial charge in [0.05, 0.1) is 12.8 Å². The molecule has 0 fully saturated rings. The zero-order valence-corrected chi connectivity index (χ0v) is 14.6. The fourth-order valence-electron chi connectivity index (χ4n) is 2.01. The molecule has 0 unspecified atom stereocenters. The van der Waals surface area contributed by atoms with Crippen LogP contribution in [0.4, 0.5) is 10.5 Å². The summed E-state index contributed by atoms with van der Waals surface area (Å²) in [6.45, 7) is 3.97. The number of nitrogens with zero attached hydrogens (tertiary/aromatic N) is 1. The molecule has 21 heavy (non-hydrogen) atoms. The van der Waals surface area contributed by atoms with Crippen molar-refractivity contribution >= 4 is 46.0 Å². The van der Waals surface area contributed by atoms with E-state index in [1.807, 2.05) is 26.0 Å². The van der Waals surface area contributed by atoms with E-state index in [0.29, 0.717) is 18.5 Å². The lowest BCUT2D eigenvalue weighted by atomic mass is 10.0. The summed E-state index contributed by atoms with van der Waals surface area (Å²) in [5, 5.41) is 7.67. The van der Waals surface area contributed by atoms with E-state index in [-0.39, 0.29) is 18.4 Å². The molecule has 0 radical (unpaired) electrons. The number of halogens is 2. The summed E-state index contributed by atoms with van der Waals surface area (Å²) in [6.07, 6.45) is 1.43. The molecule has 6 nitrogen and oxygen atoms in total. The Bertz CT molecular complexity index is 500. The van der Waals surface area contributed by atoms with Crippen LogP contribution in [0, 0.1) is 5.41 Å². The molecule has 0 aromatic heterocycles. The maximum Gasteiger partial charge on any atom is 0.352 e. The van der Waals surface area contributed by atoms with Crippen LogP contribution in [0.5, 0.6) is 0 Å². The zero-order chi connectivity index (χ0) is 15.3. The molecule has 8 heteroatoms. The van der Waals surface area contributed by atoms with Crippen LogP contribution < -0.4 is 16.1 Å². The molecule has 0 heterocycles. The van der Waals surface area contributed by atoms with Gasteiger partial charge in [0, 0.05) is 4.47 Å². The average Bonchev–Trinajstić information content (AvgIpc) is 2.39. The summed E-state index contributed by atoms with van der Waals surface area (Å²) in [5.41, 5.74) is 10.3. The van der Waals surface area contributed by atoms with E-state index in [9.17, 15) is 4.79 Å². The number of amides is 2. The minimum absolute atomic E-state index is 0. The second kappa shape index (κ2) is 8.86. The SMILES string of the molecule is CCc1cc(Br)cc(CC)c1N(C(=N)N)C(=O)NOC.Cl. The standard InChI is InChI=1S/C13H19BrN4O2.ClH/c1-4-8-6-10(14)7-9(5-2)11(8)18(12(15)16)13(19)17-20-3;/h6-7H,4-5H2,1-3H3,(H3,15,16)(H,17,19);1H. The van der Waals surface area contributed by atoms with Crippen molar-refractivity contribution in [3.8, 4) is 0 Å². The van der Waals surface area contributed by atoms with E-state index in [1.54, 1.807) is 0 Å². The predicted octanol–water partition coefficient (Wildman–Crippen LogP) is 2.97. The molecule has 2 amide bonds. The van der Waals surface area contributed by atoms with Gasteiger partial charge in [-0.25, -0.2) is 15.2 Å². The van der Waals surface area contributed by atoms with Gasteiger partial charge in [0.1, 0.15) is 0 Å². The van der Waals surface area contributed by atoms with Gasteiger partial charge >= 0.3 is 6.03 Å². The number of anilines is 1. The molecule has 0 bridgehead atoms. The summed E-state index contributed by atoms with van der Waals surface area (Å²) in [4.78, 5) is 17.8. The minimum atomic E-state index is -0.591. The van der Waals surface area contributed by atoms with Gasteiger partial charge in [-0.05, 0) is 36.1 Å². The molecule has 4 N–H and O–H groups in total.